The minimum atomic E-state index is -4.51. The molecule has 1 N–H and O–H groups in total. The number of hydrogen-bond donors (Lipinski definition) is 1. The molecule has 0 aliphatic carbocycles. The molecular formula is C17H17F5N4O. The number of likely N-dealkylation sites (tertiary alicyclic amines) is 1. The summed E-state index contributed by atoms with van der Waals surface area (Å²) in [5.74, 6) is 0.233. The Morgan fingerprint density at radius 1 is 1.19 bits per heavy atom. The molecule has 1 atom stereocenters. The zero-order valence-corrected chi connectivity index (χ0v) is 14.1. The van der Waals surface area contributed by atoms with Crippen LogP contribution in [0.1, 0.15) is 17.7 Å². The first kappa shape index (κ1) is 19.3. The van der Waals surface area contributed by atoms with Gasteiger partial charge in [0.2, 0.25) is 0 Å². The normalized spacial score (nSPS) is 18.1. The van der Waals surface area contributed by atoms with E-state index in [0.29, 0.717) is 13.1 Å². The smallest absolute Gasteiger partial charge is 0.433 e. The lowest BCUT2D eigenvalue weighted by Gasteiger charge is -2.17. The number of anilines is 1. The lowest BCUT2D eigenvalue weighted by atomic mass is 10.2. The molecule has 1 aliphatic heterocycles. The number of nitrogens with one attached hydrogen (secondary N) is 1. The average Bonchev–Trinajstić information content (AvgIpc) is 3.02. The Balaban J connectivity index is 1.53. The van der Waals surface area contributed by atoms with Crippen LogP contribution in [0.4, 0.5) is 27.8 Å². The maximum Gasteiger partial charge on any atom is 0.433 e. The number of aromatic nitrogens is 2. The third-order valence-corrected chi connectivity index (χ3v) is 4.14. The van der Waals surface area contributed by atoms with E-state index in [0.717, 1.165) is 30.9 Å². The number of hydrogen-bond acceptors (Lipinski definition) is 5. The first-order chi connectivity index (χ1) is 12.8. The second kappa shape index (κ2) is 8.03. The van der Waals surface area contributed by atoms with Crippen LogP contribution in [0.25, 0.3) is 0 Å². The Morgan fingerprint density at radius 2 is 1.93 bits per heavy atom. The summed E-state index contributed by atoms with van der Waals surface area (Å²) in [6, 6.07) is 7.23. The van der Waals surface area contributed by atoms with Gasteiger partial charge in [-0.3, -0.25) is 4.90 Å². The highest BCUT2D eigenvalue weighted by molar-refractivity contribution is 5.37. The molecule has 10 heteroatoms. The molecule has 1 aliphatic rings. The summed E-state index contributed by atoms with van der Waals surface area (Å²) in [5.41, 5.74) is -0.0559. The van der Waals surface area contributed by atoms with Gasteiger partial charge in [0.25, 0.3) is 0 Å². The van der Waals surface area contributed by atoms with E-state index in [1.807, 2.05) is 0 Å². The number of alkyl halides is 5. The molecule has 1 aromatic carbocycles. The highest BCUT2D eigenvalue weighted by atomic mass is 19.4. The summed E-state index contributed by atoms with van der Waals surface area (Å²) in [6.07, 6.45) is -2.87. The van der Waals surface area contributed by atoms with Crippen molar-refractivity contribution in [1.29, 1.82) is 0 Å². The fraction of sp³-hybridized carbons (Fsp3) is 0.412. The zero-order chi connectivity index (χ0) is 19.4. The van der Waals surface area contributed by atoms with Crippen LogP contribution in [0.15, 0.2) is 36.7 Å². The zero-order valence-electron chi connectivity index (χ0n) is 14.1. The molecule has 0 radical (unpaired) electrons. The minimum absolute atomic E-state index is 0.0394. The van der Waals surface area contributed by atoms with Crippen LogP contribution < -0.4 is 10.1 Å². The molecule has 1 unspecified atom stereocenters. The summed E-state index contributed by atoms with van der Waals surface area (Å²) in [4.78, 5) is 9.20. The molecular weight excluding hydrogens is 371 g/mol. The van der Waals surface area contributed by atoms with Crippen LogP contribution in [-0.2, 0) is 12.7 Å². The Hall–Kier alpha value is -2.49. The molecule has 1 saturated heterocycles. The van der Waals surface area contributed by atoms with Crippen LogP contribution in [0.5, 0.6) is 5.75 Å². The molecule has 0 amide bonds. The average molecular weight is 388 g/mol. The maximum atomic E-state index is 12.7. The second-order valence-corrected chi connectivity index (χ2v) is 6.17. The Labute approximate surface area is 152 Å². The number of benzene rings is 1. The van der Waals surface area contributed by atoms with Crippen molar-refractivity contribution in [1.82, 2.24) is 14.9 Å². The van der Waals surface area contributed by atoms with Gasteiger partial charge in [-0.2, -0.15) is 22.0 Å². The standard InChI is InChI=1S/C17H17F5N4O/c18-16(19)27-13-3-1-11(2-4-13)8-26-6-5-12(9-26)25-15-7-14(17(20,21)22)23-10-24-15/h1-4,7,10,12,16H,5-6,8-9H2,(H,23,24,25). The molecule has 0 saturated carbocycles. The molecule has 1 aromatic heterocycles. The molecule has 5 nitrogen and oxygen atoms in total. The number of halogens is 5. The van der Waals surface area contributed by atoms with Gasteiger partial charge in [-0.05, 0) is 24.1 Å². The highest BCUT2D eigenvalue weighted by Crippen LogP contribution is 2.28. The highest BCUT2D eigenvalue weighted by Gasteiger charge is 2.33. The van der Waals surface area contributed by atoms with Crippen LogP contribution in [-0.4, -0.2) is 40.6 Å². The van der Waals surface area contributed by atoms with E-state index < -0.39 is 18.5 Å². The van der Waals surface area contributed by atoms with Gasteiger partial charge in [-0.15, -0.1) is 0 Å². The summed E-state index contributed by atoms with van der Waals surface area (Å²) < 4.78 is 66.7. The fourth-order valence-corrected chi connectivity index (χ4v) is 2.93. The SMILES string of the molecule is FC(F)Oc1ccc(CN2CCC(Nc3cc(C(F)(F)F)ncn3)C2)cc1. The lowest BCUT2D eigenvalue weighted by molar-refractivity contribution is -0.141. The van der Waals surface area contributed by atoms with Crippen molar-refractivity contribution in [3.05, 3.63) is 47.9 Å². The van der Waals surface area contributed by atoms with Gasteiger partial charge in [0.05, 0.1) is 0 Å². The van der Waals surface area contributed by atoms with E-state index in [9.17, 15) is 22.0 Å². The van der Waals surface area contributed by atoms with E-state index >= 15 is 0 Å². The third kappa shape index (κ3) is 5.49. The van der Waals surface area contributed by atoms with Gasteiger partial charge in [0.1, 0.15) is 23.6 Å². The Bertz CT molecular complexity index is 754. The fourth-order valence-electron chi connectivity index (χ4n) is 2.93. The number of nitrogens with zero attached hydrogens (tertiary/aromatic N) is 3. The second-order valence-electron chi connectivity index (χ2n) is 6.17. The number of rotatable bonds is 6. The van der Waals surface area contributed by atoms with Crippen molar-refractivity contribution in [2.24, 2.45) is 0 Å². The van der Waals surface area contributed by atoms with Crippen molar-refractivity contribution in [2.75, 3.05) is 18.4 Å². The molecule has 0 bridgehead atoms. The summed E-state index contributed by atoms with van der Waals surface area (Å²) in [6.45, 7) is -0.879. The van der Waals surface area contributed by atoms with Crippen LogP contribution in [0, 0.1) is 0 Å². The molecule has 2 aromatic rings. The van der Waals surface area contributed by atoms with Gasteiger partial charge in [0, 0.05) is 31.7 Å². The molecule has 146 valence electrons. The quantitative estimate of drug-likeness (QED) is 0.764. The van der Waals surface area contributed by atoms with Crippen LogP contribution in [0.2, 0.25) is 0 Å². The van der Waals surface area contributed by atoms with E-state index in [-0.39, 0.29) is 17.6 Å². The van der Waals surface area contributed by atoms with Gasteiger partial charge in [0.15, 0.2) is 0 Å². The molecule has 0 spiro atoms. The molecule has 3 rings (SSSR count). The number of ether oxygens (including phenoxy) is 1. The van der Waals surface area contributed by atoms with E-state index in [1.165, 1.54) is 12.1 Å². The van der Waals surface area contributed by atoms with E-state index in [1.54, 1.807) is 12.1 Å². The first-order valence-electron chi connectivity index (χ1n) is 8.21. The summed E-state index contributed by atoms with van der Waals surface area (Å²) in [7, 11) is 0. The first-order valence-corrected chi connectivity index (χ1v) is 8.21. The Kier molecular flexibility index (Phi) is 5.73. The van der Waals surface area contributed by atoms with Crippen molar-refractivity contribution in [2.45, 2.75) is 31.8 Å². The molecule has 27 heavy (non-hydrogen) atoms. The molecule has 2 heterocycles. The topological polar surface area (TPSA) is 50.3 Å². The maximum absolute atomic E-state index is 12.7. The van der Waals surface area contributed by atoms with Crippen molar-refractivity contribution >= 4 is 5.82 Å². The van der Waals surface area contributed by atoms with Gasteiger partial charge < -0.3 is 10.1 Å². The van der Waals surface area contributed by atoms with Crippen LogP contribution in [0.3, 0.4) is 0 Å². The van der Waals surface area contributed by atoms with Crippen LogP contribution >= 0.6 is 0 Å². The van der Waals surface area contributed by atoms with Gasteiger partial charge in [-0.25, -0.2) is 9.97 Å². The lowest BCUT2D eigenvalue weighted by Crippen LogP contribution is -2.26. The van der Waals surface area contributed by atoms with Crippen molar-refractivity contribution in [3.8, 4) is 5.75 Å². The van der Waals surface area contributed by atoms with E-state index in [2.05, 4.69) is 24.9 Å². The predicted molar refractivity (Wildman–Crippen MR) is 87.4 cm³/mol. The van der Waals surface area contributed by atoms with E-state index in [4.69, 9.17) is 0 Å². The predicted octanol–water partition coefficient (Wildman–Crippen LogP) is 3.78. The summed E-state index contributed by atoms with van der Waals surface area (Å²) in [5, 5.41) is 3.00. The van der Waals surface area contributed by atoms with Crippen molar-refractivity contribution in [3.63, 3.8) is 0 Å². The summed E-state index contributed by atoms with van der Waals surface area (Å²) >= 11 is 0. The minimum Gasteiger partial charge on any atom is -0.435 e. The van der Waals surface area contributed by atoms with Gasteiger partial charge >= 0.3 is 12.8 Å². The largest absolute Gasteiger partial charge is 0.435 e. The Morgan fingerprint density at radius 3 is 2.59 bits per heavy atom. The monoisotopic (exact) mass is 388 g/mol. The molecule has 1 fully saturated rings. The van der Waals surface area contributed by atoms with Gasteiger partial charge in [-0.1, -0.05) is 12.1 Å². The third-order valence-electron chi connectivity index (χ3n) is 4.14. The van der Waals surface area contributed by atoms with Crippen molar-refractivity contribution < 1.29 is 26.7 Å².